The summed E-state index contributed by atoms with van der Waals surface area (Å²) < 4.78 is 16.4. The van der Waals surface area contributed by atoms with Gasteiger partial charge >= 0.3 is 0 Å². The van der Waals surface area contributed by atoms with E-state index in [4.69, 9.17) is 11.6 Å². The molecular weight excluding hydrogens is 387 g/mol. The lowest BCUT2D eigenvalue weighted by Gasteiger charge is -2.13. The van der Waals surface area contributed by atoms with Crippen molar-refractivity contribution in [1.82, 2.24) is 9.88 Å². The molecule has 0 bridgehead atoms. The Morgan fingerprint density at radius 1 is 1.07 bits per heavy atom. The van der Waals surface area contributed by atoms with Crippen LogP contribution in [0, 0.1) is 12.7 Å². The number of nitrogens with one attached hydrogen (secondary N) is 1. The van der Waals surface area contributed by atoms with E-state index in [0.717, 1.165) is 30.5 Å². The van der Waals surface area contributed by atoms with Gasteiger partial charge in [-0.2, -0.15) is 0 Å². The molecule has 0 aliphatic heterocycles. The Bertz CT molecular complexity index is 979. The largest absolute Gasteiger partial charge is 0.352 e. The summed E-state index contributed by atoms with van der Waals surface area (Å²) in [4.78, 5) is 12.8. The van der Waals surface area contributed by atoms with Crippen molar-refractivity contribution in [1.29, 1.82) is 0 Å². The third-order valence-corrected chi connectivity index (χ3v) is 5.29. The zero-order valence-electron chi connectivity index (χ0n) is 16.8. The van der Waals surface area contributed by atoms with Crippen molar-refractivity contribution >= 4 is 17.5 Å². The van der Waals surface area contributed by atoms with Gasteiger partial charge in [0.2, 0.25) is 0 Å². The average Bonchev–Trinajstić information content (AvgIpc) is 3.06. The Morgan fingerprint density at radius 2 is 1.79 bits per heavy atom. The van der Waals surface area contributed by atoms with E-state index in [2.05, 4.69) is 12.2 Å². The Labute approximate surface area is 176 Å². The lowest BCUT2D eigenvalue weighted by atomic mass is 10.1. The monoisotopic (exact) mass is 412 g/mol. The van der Waals surface area contributed by atoms with Crippen LogP contribution in [0.25, 0.3) is 16.9 Å². The molecule has 0 spiro atoms. The van der Waals surface area contributed by atoms with Gasteiger partial charge in [-0.3, -0.25) is 4.79 Å². The number of halogens is 2. The van der Waals surface area contributed by atoms with Crippen LogP contribution in [0.1, 0.15) is 48.7 Å². The van der Waals surface area contributed by atoms with Crippen molar-refractivity contribution in [2.24, 2.45) is 0 Å². The molecule has 2 aromatic carbocycles. The summed E-state index contributed by atoms with van der Waals surface area (Å²) in [7, 11) is 0. The third-order valence-electron chi connectivity index (χ3n) is 5.04. The fraction of sp³-hybridized carbons (Fsp3) is 0.292. The van der Waals surface area contributed by atoms with E-state index < -0.39 is 0 Å². The average molecular weight is 413 g/mol. The molecule has 0 aliphatic rings. The van der Waals surface area contributed by atoms with Crippen molar-refractivity contribution < 1.29 is 9.18 Å². The van der Waals surface area contributed by atoms with Gasteiger partial charge in [-0.1, -0.05) is 62.1 Å². The predicted octanol–water partition coefficient (Wildman–Crippen LogP) is 6.56. The van der Waals surface area contributed by atoms with Crippen LogP contribution >= 0.6 is 11.6 Å². The molecule has 1 aromatic heterocycles. The first kappa shape index (κ1) is 21.1. The molecule has 0 fully saturated rings. The van der Waals surface area contributed by atoms with Gasteiger partial charge in [-0.15, -0.1) is 0 Å². The highest BCUT2D eigenvalue weighted by Crippen LogP contribution is 2.31. The Hall–Kier alpha value is -2.59. The van der Waals surface area contributed by atoms with Crippen LogP contribution in [-0.2, 0) is 0 Å². The number of aromatic nitrogens is 1. The standard InChI is InChI=1S/C24H26ClFN2O/c1-3-4-5-8-15-27-24(29)20-16-23(18-11-13-19(25)14-12-18)28(17(20)2)22-10-7-6-9-21(22)26/h6-7,9-14,16H,3-5,8,15H2,1-2H3,(H,27,29). The number of para-hydroxylation sites is 1. The number of nitrogens with zero attached hydrogens (tertiary/aromatic N) is 1. The summed E-state index contributed by atoms with van der Waals surface area (Å²) in [6.45, 7) is 4.64. The van der Waals surface area contributed by atoms with Crippen molar-refractivity contribution in [3.05, 3.63) is 76.7 Å². The summed E-state index contributed by atoms with van der Waals surface area (Å²) in [5.41, 5.74) is 3.28. The normalized spacial score (nSPS) is 10.9. The SMILES string of the molecule is CCCCCCNC(=O)c1cc(-c2ccc(Cl)cc2)n(-c2ccccc2F)c1C. The van der Waals surface area contributed by atoms with Gasteiger partial charge in [0.15, 0.2) is 0 Å². The van der Waals surface area contributed by atoms with Crippen molar-refractivity contribution in [2.75, 3.05) is 6.54 Å². The van der Waals surface area contributed by atoms with Crippen LogP contribution in [0.15, 0.2) is 54.6 Å². The number of amides is 1. The summed E-state index contributed by atoms with van der Waals surface area (Å²) in [6, 6.07) is 15.7. The number of rotatable bonds is 8. The number of unbranched alkanes of at least 4 members (excludes halogenated alkanes) is 3. The van der Waals surface area contributed by atoms with Gasteiger partial charge in [0.25, 0.3) is 5.91 Å². The molecule has 0 atom stereocenters. The molecule has 0 aliphatic carbocycles. The first-order chi connectivity index (χ1) is 14.0. The van der Waals surface area contributed by atoms with E-state index in [1.807, 2.05) is 25.1 Å². The van der Waals surface area contributed by atoms with Gasteiger partial charge in [0.1, 0.15) is 5.82 Å². The van der Waals surface area contributed by atoms with Crippen LogP contribution in [0.2, 0.25) is 5.02 Å². The molecule has 3 rings (SSSR count). The molecule has 5 heteroatoms. The molecule has 0 saturated heterocycles. The van der Waals surface area contributed by atoms with Crippen molar-refractivity contribution in [3.63, 3.8) is 0 Å². The van der Waals surface area contributed by atoms with Crippen molar-refractivity contribution in [3.8, 4) is 16.9 Å². The van der Waals surface area contributed by atoms with Gasteiger partial charge in [-0.05, 0) is 49.2 Å². The smallest absolute Gasteiger partial charge is 0.253 e. The molecule has 152 valence electrons. The molecule has 0 radical (unpaired) electrons. The van der Waals surface area contributed by atoms with Gasteiger partial charge in [0, 0.05) is 17.3 Å². The Morgan fingerprint density at radius 3 is 2.48 bits per heavy atom. The number of carbonyl (C=O) groups excluding carboxylic acids is 1. The number of carbonyl (C=O) groups is 1. The fourth-order valence-electron chi connectivity index (χ4n) is 3.46. The lowest BCUT2D eigenvalue weighted by molar-refractivity contribution is 0.0952. The second-order valence-corrected chi connectivity index (χ2v) is 7.58. The number of hydrogen-bond donors (Lipinski definition) is 1. The van der Waals surface area contributed by atoms with E-state index in [1.165, 1.54) is 12.5 Å². The van der Waals surface area contributed by atoms with E-state index in [0.29, 0.717) is 28.5 Å². The van der Waals surface area contributed by atoms with Crippen LogP contribution in [0.3, 0.4) is 0 Å². The van der Waals surface area contributed by atoms with Crippen LogP contribution in [-0.4, -0.2) is 17.0 Å². The summed E-state index contributed by atoms with van der Waals surface area (Å²) in [5.74, 6) is -0.475. The minimum absolute atomic E-state index is 0.135. The fourth-order valence-corrected chi connectivity index (χ4v) is 3.59. The molecule has 3 nitrogen and oxygen atoms in total. The molecule has 1 N–H and O–H groups in total. The highest BCUT2D eigenvalue weighted by molar-refractivity contribution is 6.30. The molecule has 0 unspecified atom stereocenters. The molecule has 1 heterocycles. The second kappa shape index (κ2) is 9.75. The van der Waals surface area contributed by atoms with Crippen LogP contribution < -0.4 is 5.32 Å². The number of hydrogen-bond acceptors (Lipinski definition) is 1. The number of benzene rings is 2. The first-order valence-corrected chi connectivity index (χ1v) is 10.4. The summed E-state index contributed by atoms with van der Waals surface area (Å²) >= 11 is 6.03. The first-order valence-electron chi connectivity index (χ1n) is 10.0. The zero-order chi connectivity index (χ0) is 20.8. The Balaban J connectivity index is 1.99. The maximum Gasteiger partial charge on any atom is 0.253 e. The molecule has 3 aromatic rings. The predicted molar refractivity (Wildman–Crippen MR) is 117 cm³/mol. The van der Waals surface area contributed by atoms with E-state index >= 15 is 0 Å². The zero-order valence-corrected chi connectivity index (χ0v) is 17.6. The van der Waals surface area contributed by atoms with Crippen LogP contribution in [0.5, 0.6) is 0 Å². The molecule has 0 saturated carbocycles. The quantitative estimate of drug-likeness (QED) is 0.418. The maximum atomic E-state index is 14.6. The van der Waals surface area contributed by atoms with Crippen molar-refractivity contribution in [2.45, 2.75) is 39.5 Å². The minimum atomic E-state index is -0.340. The Kier molecular flexibility index (Phi) is 7.10. The topological polar surface area (TPSA) is 34.0 Å². The highest BCUT2D eigenvalue weighted by Gasteiger charge is 2.21. The van der Waals surface area contributed by atoms with E-state index in [1.54, 1.807) is 34.9 Å². The molecule has 1 amide bonds. The van der Waals surface area contributed by atoms with Gasteiger partial charge < -0.3 is 9.88 Å². The second-order valence-electron chi connectivity index (χ2n) is 7.14. The van der Waals surface area contributed by atoms with Gasteiger partial charge in [-0.25, -0.2) is 4.39 Å². The molecular formula is C24H26ClFN2O. The third kappa shape index (κ3) is 4.88. The minimum Gasteiger partial charge on any atom is -0.352 e. The summed E-state index contributed by atoms with van der Waals surface area (Å²) in [5, 5.41) is 3.62. The molecule has 29 heavy (non-hydrogen) atoms. The highest BCUT2D eigenvalue weighted by atomic mass is 35.5. The van der Waals surface area contributed by atoms with Gasteiger partial charge in [0.05, 0.1) is 16.9 Å². The van der Waals surface area contributed by atoms with Crippen LogP contribution in [0.4, 0.5) is 4.39 Å². The van der Waals surface area contributed by atoms with E-state index in [-0.39, 0.29) is 11.7 Å². The summed E-state index contributed by atoms with van der Waals surface area (Å²) in [6.07, 6.45) is 4.38. The maximum absolute atomic E-state index is 14.6. The lowest BCUT2D eigenvalue weighted by Crippen LogP contribution is -2.24. The van der Waals surface area contributed by atoms with E-state index in [9.17, 15) is 9.18 Å².